The number of aromatic nitrogens is 4. The van der Waals surface area contributed by atoms with Gasteiger partial charge in [-0.2, -0.15) is 5.10 Å². The summed E-state index contributed by atoms with van der Waals surface area (Å²) >= 11 is 0. The maximum atomic E-state index is 12.5. The zero-order valence-electron chi connectivity index (χ0n) is 15.5. The molecule has 1 atom stereocenters. The lowest BCUT2D eigenvalue weighted by Crippen LogP contribution is -2.47. The van der Waals surface area contributed by atoms with Gasteiger partial charge in [0.1, 0.15) is 6.10 Å². The van der Waals surface area contributed by atoms with Crippen LogP contribution in [0.4, 0.5) is 10.7 Å². The molecule has 27 heavy (non-hydrogen) atoms. The Labute approximate surface area is 158 Å². The van der Waals surface area contributed by atoms with Crippen molar-refractivity contribution in [3.63, 3.8) is 0 Å². The zero-order valence-corrected chi connectivity index (χ0v) is 15.5. The number of aromatic amines is 1. The van der Waals surface area contributed by atoms with E-state index in [1.165, 1.54) is 12.8 Å². The first-order valence-corrected chi connectivity index (χ1v) is 9.42. The number of aryl methyl sites for hydroxylation is 1. The molecule has 2 saturated heterocycles. The number of nitrogens with zero attached hydrogens (tertiary/aromatic N) is 5. The monoisotopic (exact) mass is 371 g/mol. The molecule has 2 aliphatic heterocycles. The molecular weight excluding hydrogens is 346 g/mol. The van der Waals surface area contributed by atoms with Crippen molar-refractivity contribution in [2.45, 2.75) is 32.4 Å². The number of anilines is 1. The summed E-state index contributed by atoms with van der Waals surface area (Å²) in [6.07, 6.45) is 5.64. The second kappa shape index (κ2) is 7.91. The Morgan fingerprint density at radius 1 is 1.37 bits per heavy atom. The van der Waals surface area contributed by atoms with Crippen molar-refractivity contribution in [2.75, 3.05) is 37.7 Å². The molecule has 2 aliphatic rings. The number of H-pyrrole nitrogens is 1. The number of morpholine rings is 1. The number of amides is 2. The van der Waals surface area contributed by atoms with Crippen LogP contribution in [-0.4, -0.2) is 63.9 Å². The molecule has 2 aromatic heterocycles. The lowest BCUT2D eigenvalue weighted by Gasteiger charge is -2.32. The number of hydrogen-bond acceptors (Lipinski definition) is 6. The Morgan fingerprint density at radius 2 is 2.22 bits per heavy atom. The predicted octanol–water partition coefficient (Wildman–Crippen LogP) is 1.39. The number of rotatable bonds is 4. The molecule has 9 heteroatoms. The summed E-state index contributed by atoms with van der Waals surface area (Å²) in [6, 6.07) is 1.78. The Hall–Kier alpha value is -2.68. The fraction of sp³-hybridized carbons (Fsp3) is 0.556. The quantitative estimate of drug-likeness (QED) is 0.843. The van der Waals surface area contributed by atoms with E-state index in [1.54, 1.807) is 17.3 Å². The van der Waals surface area contributed by atoms with E-state index in [1.807, 2.05) is 13.0 Å². The lowest BCUT2D eigenvalue weighted by atomic mass is 10.2. The second-order valence-corrected chi connectivity index (χ2v) is 6.96. The van der Waals surface area contributed by atoms with Crippen LogP contribution in [0.1, 0.15) is 35.9 Å². The van der Waals surface area contributed by atoms with E-state index in [2.05, 4.69) is 30.4 Å². The van der Waals surface area contributed by atoms with Crippen molar-refractivity contribution in [2.24, 2.45) is 0 Å². The van der Waals surface area contributed by atoms with E-state index in [0.29, 0.717) is 26.2 Å². The third kappa shape index (κ3) is 4.02. The van der Waals surface area contributed by atoms with Crippen LogP contribution in [0.25, 0.3) is 0 Å². The zero-order chi connectivity index (χ0) is 18.6. The van der Waals surface area contributed by atoms with Crippen LogP contribution < -0.4 is 10.2 Å². The topological polar surface area (TPSA) is 99.3 Å². The van der Waals surface area contributed by atoms with E-state index < -0.39 is 0 Å². The third-order valence-corrected chi connectivity index (χ3v) is 5.10. The number of carbonyl (C=O) groups is 1. The molecule has 2 fully saturated rings. The standard InChI is InChI=1S/C18H25N7O2/c1-13-14(11-21-23-13)10-20-18(26)25-8-9-27-16(12-25)15-4-5-19-17(22-15)24-6-2-3-7-24/h4-5,11,16H,2-3,6-10,12H2,1H3,(H,20,26)(H,21,23). The van der Waals surface area contributed by atoms with Crippen LogP contribution in [-0.2, 0) is 11.3 Å². The summed E-state index contributed by atoms with van der Waals surface area (Å²) in [5.74, 6) is 0.755. The van der Waals surface area contributed by atoms with Crippen LogP contribution >= 0.6 is 0 Å². The van der Waals surface area contributed by atoms with Crippen LogP contribution in [0, 0.1) is 6.92 Å². The van der Waals surface area contributed by atoms with Crippen LogP contribution in [0.5, 0.6) is 0 Å². The van der Waals surface area contributed by atoms with Gasteiger partial charge in [-0.05, 0) is 25.8 Å². The number of carbonyl (C=O) groups excluding carboxylic acids is 1. The molecule has 1 unspecified atom stereocenters. The molecular formula is C18H25N7O2. The van der Waals surface area contributed by atoms with Gasteiger partial charge in [-0.25, -0.2) is 14.8 Å². The first-order valence-electron chi connectivity index (χ1n) is 9.42. The highest BCUT2D eigenvalue weighted by Gasteiger charge is 2.27. The molecule has 2 aromatic rings. The van der Waals surface area contributed by atoms with Gasteiger partial charge in [0.05, 0.1) is 25.0 Å². The molecule has 0 aliphatic carbocycles. The normalized spacial score (nSPS) is 20.1. The minimum absolute atomic E-state index is 0.0993. The van der Waals surface area contributed by atoms with Gasteiger partial charge in [0.15, 0.2) is 0 Å². The molecule has 0 radical (unpaired) electrons. The second-order valence-electron chi connectivity index (χ2n) is 6.96. The molecule has 0 aromatic carbocycles. The van der Waals surface area contributed by atoms with Crippen LogP contribution in [0.2, 0.25) is 0 Å². The molecule has 2 amide bonds. The van der Waals surface area contributed by atoms with E-state index >= 15 is 0 Å². The molecule has 9 nitrogen and oxygen atoms in total. The molecule has 144 valence electrons. The minimum Gasteiger partial charge on any atom is -0.368 e. The van der Waals surface area contributed by atoms with Crippen molar-refractivity contribution < 1.29 is 9.53 Å². The summed E-state index contributed by atoms with van der Waals surface area (Å²) in [5, 5.41) is 9.81. The molecule has 0 bridgehead atoms. The summed E-state index contributed by atoms with van der Waals surface area (Å²) in [4.78, 5) is 25.6. The van der Waals surface area contributed by atoms with Crippen molar-refractivity contribution in [1.29, 1.82) is 0 Å². The van der Waals surface area contributed by atoms with Crippen molar-refractivity contribution in [3.05, 3.63) is 35.4 Å². The van der Waals surface area contributed by atoms with Gasteiger partial charge < -0.3 is 19.9 Å². The van der Waals surface area contributed by atoms with E-state index in [9.17, 15) is 4.79 Å². The van der Waals surface area contributed by atoms with Crippen molar-refractivity contribution >= 4 is 12.0 Å². The Bertz CT molecular complexity index is 788. The maximum Gasteiger partial charge on any atom is 0.317 e. The molecule has 4 heterocycles. The Kier molecular flexibility index (Phi) is 5.19. The number of ether oxygens (including phenoxy) is 1. The highest BCUT2D eigenvalue weighted by molar-refractivity contribution is 5.74. The first kappa shape index (κ1) is 17.7. The average Bonchev–Trinajstić information content (AvgIpc) is 3.38. The Morgan fingerprint density at radius 3 is 3.00 bits per heavy atom. The van der Waals surface area contributed by atoms with Gasteiger partial charge in [0.2, 0.25) is 5.95 Å². The molecule has 0 saturated carbocycles. The van der Waals surface area contributed by atoms with E-state index in [4.69, 9.17) is 4.74 Å². The number of hydrogen-bond donors (Lipinski definition) is 2. The minimum atomic E-state index is -0.232. The third-order valence-electron chi connectivity index (χ3n) is 5.10. The first-order chi connectivity index (χ1) is 13.2. The van der Waals surface area contributed by atoms with E-state index in [0.717, 1.165) is 36.0 Å². The number of nitrogens with one attached hydrogen (secondary N) is 2. The summed E-state index contributed by atoms with van der Waals surface area (Å²) in [6.45, 7) is 5.92. The van der Waals surface area contributed by atoms with Gasteiger partial charge >= 0.3 is 6.03 Å². The summed E-state index contributed by atoms with van der Waals surface area (Å²) in [5.41, 5.74) is 2.78. The van der Waals surface area contributed by atoms with Gasteiger partial charge in [-0.15, -0.1) is 0 Å². The average molecular weight is 371 g/mol. The van der Waals surface area contributed by atoms with Gasteiger partial charge in [-0.1, -0.05) is 0 Å². The number of urea groups is 1. The fourth-order valence-corrected chi connectivity index (χ4v) is 3.46. The van der Waals surface area contributed by atoms with Crippen LogP contribution in [0.15, 0.2) is 18.5 Å². The van der Waals surface area contributed by atoms with E-state index in [-0.39, 0.29) is 12.1 Å². The summed E-state index contributed by atoms with van der Waals surface area (Å²) < 4.78 is 5.89. The van der Waals surface area contributed by atoms with Crippen molar-refractivity contribution in [1.82, 2.24) is 30.4 Å². The molecule has 2 N–H and O–H groups in total. The van der Waals surface area contributed by atoms with Gasteiger partial charge in [-0.3, -0.25) is 5.10 Å². The SMILES string of the molecule is Cc1[nH]ncc1CNC(=O)N1CCOC(c2ccnc(N3CCCC3)n2)C1. The highest BCUT2D eigenvalue weighted by Crippen LogP contribution is 2.23. The Balaban J connectivity index is 1.38. The molecule has 4 rings (SSSR count). The lowest BCUT2D eigenvalue weighted by molar-refractivity contribution is -0.0176. The largest absolute Gasteiger partial charge is 0.368 e. The maximum absolute atomic E-state index is 12.5. The van der Waals surface area contributed by atoms with Crippen molar-refractivity contribution in [3.8, 4) is 0 Å². The van der Waals surface area contributed by atoms with Gasteiger partial charge in [0.25, 0.3) is 0 Å². The predicted molar refractivity (Wildman–Crippen MR) is 99.3 cm³/mol. The smallest absolute Gasteiger partial charge is 0.317 e. The van der Waals surface area contributed by atoms with Crippen LogP contribution in [0.3, 0.4) is 0 Å². The van der Waals surface area contributed by atoms with Gasteiger partial charge in [0, 0.05) is 43.6 Å². The highest BCUT2D eigenvalue weighted by atomic mass is 16.5. The summed E-state index contributed by atoms with van der Waals surface area (Å²) in [7, 11) is 0. The fourth-order valence-electron chi connectivity index (χ4n) is 3.46. The molecule has 0 spiro atoms.